The molecule has 0 unspecified atom stereocenters. The van der Waals surface area contributed by atoms with Crippen LogP contribution in [0.15, 0.2) is 188 Å². The highest BCUT2D eigenvalue weighted by Crippen LogP contribution is 2.64. The first-order valence-corrected chi connectivity index (χ1v) is 19.8. The minimum Gasteiger partial charge on any atom is -0.208 e. The maximum atomic E-state index is 5.37. The summed E-state index contributed by atoms with van der Waals surface area (Å²) in [4.78, 5) is 15.8. The summed E-state index contributed by atoms with van der Waals surface area (Å²) in [6.07, 6.45) is 0. The summed E-state index contributed by atoms with van der Waals surface area (Å²) in [5.74, 6) is 1.97. The van der Waals surface area contributed by atoms with Gasteiger partial charge in [0.25, 0.3) is 0 Å². The Bertz CT molecular complexity index is 3130. The molecular formula is C52H31N3S. The first-order chi connectivity index (χ1) is 27.8. The Labute approximate surface area is 328 Å². The zero-order chi connectivity index (χ0) is 36.8. The first-order valence-electron chi connectivity index (χ1n) is 19.0. The highest BCUT2D eigenvalue weighted by molar-refractivity contribution is 7.26. The zero-order valence-electron chi connectivity index (χ0n) is 30.1. The van der Waals surface area contributed by atoms with Gasteiger partial charge in [-0.2, -0.15) is 0 Å². The van der Waals surface area contributed by atoms with E-state index in [1.54, 1.807) is 0 Å². The van der Waals surface area contributed by atoms with E-state index in [4.69, 9.17) is 15.0 Å². The Hall–Kier alpha value is -7.01. The lowest BCUT2D eigenvalue weighted by Crippen LogP contribution is -2.26. The molecule has 0 saturated heterocycles. The van der Waals surface area contributed by atoms with Crippen molar-refractivity contribution in [2.75, 3.05) is 0 Å². The average Bonchev–Trinajstić information content (AvgIpc) is 3.91. The van der Waals surface area contributed by atoms with Gasteiger partial charge in [0, 0.05) is 36.9 Å². The fraction of sp³-hybridized carbons (Fsp3) is 0.0192. The van der Waals surface area contributed by atoms with E-state index in [9.17, 15) is 0 Å². The van der Waals surface area contributed by atoms with Crippen LogP contribution in [0.2, 0.25) is 0 Å². The molecule has 2 aromatic heterocycles. The highest BCUT2D eigenvalue weighted by atomic mass is 32.1. The molecule has 0 atom stereocenters. The summed E-state index contributed by atoms with van der Waals surface area (Å²) in [6.45, 7) is 0. The van der Waals surface area contributed by atoms with Crippen LogP contribution in [-0.4, -0.2) is 15.0 Å². The lowest BCUT2D eigenvalue weighted by atomic mass is 9.69. The van der Waals surface area contributed by atoms with Gasteiger partial charge in [-0.05, 0) is 61.7 Å². The SMILES string of the molecule is c1ccc(-c2nc(-c3ccc(-c4cccc5c4sc4ccccc45)cc3)nc(-c3cccc4c3C3(c5ccccc5-c5ccccc53)c3ccccc3-4)n2)cc1. The molecule has 10 aromatic rings. The third-order valence-electron chi connectivity index (χ3n) is 11.8. The molecule has 4 heteroatoms. The number of aromatic nitrogens is 3. The summed E-state index contributed by atoms with van der Waals surface area (Å²) < 4.78 is 2.61. The molecule has 0 radical (unpaired) electrons. The maximum absolute atomic E-state index is 5.37. The molecule has 0 bridgehead atoms. The number of thiophene rings is 1. The summed E-state index contributed by atoms with van der Waals surface area (Å²) in [5, 5.41) is 2.60. The van der Waals surface area contributed by atoms with Crippen molar-refractivity contribution < 1.29 is 0 Å². The van der Waals surface area contributed by atoms with Gasteiger partial charge in [-0.3, -0.25) is 0 Å². The van der Waals surface area contributed by atoms with E-state index in [2.05, 4.69) is 170 Å². The molecule has 0 fully saturated rings. The summed E-state index contributed by atoms with van der Waals surface area (Å²) in [5.41, 5.74) is 14.9. The van der Waals surface area contributed by atoms with Crippen LogP contribution < -0.4 is 0 Å². The van der Waals surface area contributed by atoms with Crippen molar-refractivity contribution in [2.24, 2.45) is 0 Å². The highest BCUT2D eigenvalue weighted by Gasteiger charge is 2.52. The van der Waals surface area contributed by atoms with Gasteiger partial charge in [0.15, 0.2) is 17.5 Å². The van der Waals surface area contributed by atoms with Gasteiger partial charge in [0.05, 0.1) is 5.41 Å². The van der Waals surface area contributed by atoms with E-state index >= 15 is 0 Å². The smallest absolute Gasteiger partial charge is 0.164 e. The lowest BCUT2D eigenvalue weighted by Gasteiger charge is -2.31. The second-order valence-electron chi connectivity index (χ2n) is 14.6. The number of nitrogens with zero attached hydrogens (tertiary/aromatic N) is 3. The Morgan fingerprint density at radius 3 is 1.48 bits per heavy atom. The Morgan fingerprint density at radius 2 is 0.786 bits per heavy atom. The quantitative estimate of drug-likeness (QED) is 0.181. The van der Waals surface area contributed by atoms with Gasteiger partial charge < -0.3 is 0 Å². The van der Waals surface area contributed by atoms with E-state index in [0.717, 1.165) is 16.7 Å². The molecule has 56 heavy (non-hydrogen) atoms. The van der Waals surface area contributed by atoms with Crippen molar-refractivity contribution in [3.63, 3.8) is 0 Å². The molecule has 2 aliphatic carbocycles. The summed E-state index contributed by atoms with van der Waals surface area (Å²) in [6, 6.07) is 67.7. The van der Waals surface area contributed by atoms with Crippen LogP contribution in [0, 0.1) is 0 Å². The molecule has 1 spiro atoms. The average molecular weight is 730 g/mol. The fourth-order valence-corrected chi connectivity index (χ4v) is 10.7. The molecule has 0 aliphatic heterocycles. The number of rotatable bonds is 4. The van der Waals surface area contributed by atoms with Crippen molar-refractivity contribution in [3.8, 4) is 67.5 Å². The van der Waals surface area contributed by atoms with Crippen LogP contribution >= 0.6 is 11.3 Å². The monoisotopic (exact) mass is 729 g/mol. The molecular weight excluding hydrogens is 699 g/mol. The summed E-state index contributed by atoms with van der Waals surface area (Å²) >= 11 is 1.85. The largest absolute Gasteiger partial charge is 0.208 e. The van der Waals surface area contributed by atoms with E-state index < -0.39 is 5.41 Å². The second-order valence-corrected chi connectivity index (χ2v) is 15.7. The van der Waals surface area contributed by atoms with Crippen molar-refractivity contribution in [1.29, 1.82) is 0 Å². The van der Waals surface area contributed by atoms with Crippen molar-refractivity contribution in [2.45, 2.75) is 5.41 Å². The van der Waals surface area contributed by atoms with Gasteiger partial charge >= 0.3 is 0 Å². The molecule has 260 valence electrons. The molecule has 12 rings (SSSR count). The molecule has 0 N–H and O–H groups in total. The van der Waals surface area contributed by atoms with Gasteiger partial charge in [-0.15, -0.1) is 11.3 Å². The second kappa shape index (κ2) is 12.0. The van der Waals surface area contributed by atoms with Crippen molar-refractivity contribution >= 4 is 31.5 Å². The maximum Gasteiger partial charge on any atom is 0.164 e. The van der Waals surface area contributed by atoms with Crippen LogP contribution in [0.1, 0.15) is 22.3 Å². The molecule has 0 amide bonds. The summed E-state index contributed by atoms with van der Waals surface area (Å²) in [7, 11) is 0. The van der Waals surface area contributed by atoms with Crippen LogP contribution in [0.5, 0.6) is 0 Å². The van der Waals surface area contributed by atoms with Gasteiger partial charge in [0.2, 0.25) is 0 Å². The van der Waals surface area contributed by atoms with E-state index in [1.165, 1.54) is 75.8 Å². The zero-order valence-corrected chi connectivity index (χ0v) is 31.0. The van der Waals surface area contributed by atoms with E-state index in [0.29, 0.717) is 17.5 Å². The van der Waals surface area contributed by atoms with Crippen LogP contribution in [0.25, 0.3) is 87.7 Å². The standard InChI is InChI=1S/C52H31N3S/c1-2-14-33(15-3-1)49-53-50(34-30-28-32(29-31-34)35-20-12-22-41-39-19-7-11-27-46(39)56-48(35)41)55-51(54-49)42-23-13-21-40-38-18-6-10-26-45(38)52(47(40)42)43-24-8-4-16-36(43)37-17-5-9-25-44(37)52/h1-31H. The lowest BCUT2D eigenvalue weighted by molar-refractivity contribution is 0.794. The predicted octanol–water partition coefficient (Wildman–Crippen LogP) is 13.3. The van der Waals surface area contributed by atoms with Crippen molar-refractivity contribution in [1.82, 2.24) is 15.0 Å². The molecule has 8 aromatic carbocycles. The number of benzene rings is 8. The van der Waals surface area contributed by atoms with Gasteiger partial charge in [-0.1, -0.05) is 182 Å². The van der Waals surface area contributed by atoms with E-state index in [1.807, 2.05) is 29.5 Å². The van der Waals surface area contributed by atoms with Crippen LogP contribution in [0.3, 0.4) is 0 Å². The minimum atomic E-state index is -0.523. The number of hydrogen-bond donors (Lipinski definition) is 0. The Kier molecular flexibility index (Phi) is 6.72. The molecule has 2 aliphatic rings. The number of fused-ring (bicyclic) bond motifs is 13. The first kappa shape index (κ1) is 31.4. The van der Waals surface area contributed by atoms with Crippen LogP contribution in [-0.2, 0) is 5.41 Å². The van der Waals surface area contributed by atoms with Crippen LogP contribution in [0.4, 0.5) is 0 Å². The molecule has 0 saturated carbocycles. The van der Waals surface area contributed by atoms with E-state index in [-0.39, 0.29) is 0 Å². The Balaban J connectivity index is 1.07. The Morgan fingerprint density at radius 1 is 0.321 bits per heavy atom. The number of hydrogen-bond acceptors (Lipinski definition) is 4. The van der Waals surface area contributed by atoms with Gasteiger partial charge in [-0.25, -0.2) is 15.0 Å². The van der Waals surface area contributed by atoms with Crippen molar-refractivity contribution in [3.05, 3.63) is 210 Å². The topological polar surface area (TPSA) is 38.7 Å². The minimum absolute atomic E-state index is 0.523. The molecule has 3 nitrogen and oxygen atoms in total. The fourth-order valence-electron chi connectivity index (χ4n) is 9.46. The predicted molar refractivity (Wildman–Crippen MR) is 231 cm³/mol. The third kappa shape index (κ3) is 4.36. The third-order valence-corrected chi connectivity index (χ3v) is 13.0. The molecule has 2 heterocycles. The van der Waals surface area contributed by atoms with Gasteiger partial charge in [0.1, 0.15) is 0 Å². The normalized spacial score (nSPS) is 13.1.